The molecule has 0 unspecified atom stereocenters. The van der Waals surface area contributed by atoms with E-state index in [0.29, 0.717) is 17.3 Å². The Morgan fingerprint density at radius 3 is 3.05 bits per heavy atom. The van der Waals surface area contributed by atoms with Crippen LogP contribution in [0.5, 0.6) is 0 Å². The predicted octanol–water partition coefficient (Wildman–Crippen LogP) is 2.09. The van der Waals surface area contributed by atoms with Crippen LogP contribution < -0.4 is 5.73 Å². The van der Waals surface area contributed by atoms with E-state index in [0.717, 1.165) is 25.1 Å². The molecule has 3 rings (SSSR count). The molecule has 1 amide bonds. The van der Waals surface area contributed by atoms with E-state index in [4.69, 9.17) is 17.3 Å². The zero-order valence-corrected chi connectivity index (χ0v) is 12.3. The van der Waals surface area contributed by atoms with Crippen LogP contribution in [0.1, 0.15) is 23.3 Å². The lowest BCUT2D eigenvalue weighted by atomic mass is 10.2. The molecule has 1 aliphatic heterocycles. The Bertz CT molecular complexity index is 655. The van der Waals surface area contributed by atoms with Crippen LogP contribution in [0, 0.1) is 0 Å². The van der Waals surface area contributed by atoms with E-state index in [1.165, 1.54) is 0 Å². The molecule has 2 heterocycles. The lowest BCUT2D eigenvalue weighted by Crippen LogP contribution is -2.40. The van der Waals surface area contributed by atoms with Crippen molar-refractivity contribution in [2.75, 3.05) is 13.1 Å². The van der Waals surface area contributed by atoms with Gasteiger partial charge in [0, 0.05) is 30.4 Å². The van der Waals surface area contributed by atoms with E-state index < -0.39 is 0 Å². The van der Waals surface area contributed by atoms with Crippen LogP contribution in [0.2, 0.25) is 5.02 Å². The van der Waals surface area contributed by atoms with E-state index in [2.05, 4.69) is 5.10 Å². The zero-order chi connectivity index (χ0) is 14.8. The van der Waals surface area contributed by atoms with Crippen molar-refractivity contribution in [2.45, 2.75) is 18.9 Å². The van der Waals surface area contributed by atoms with Crippen molar-refractivity contribution in [3.8, 4) is 5.69 Å². The topological polar surface area (TPSA) is 64.2 Å². The number of rotatable bonds is 3. The molecule has 1 atom stereocenters. The molecule has 0 radical (unpaired) electrons. The molecule has 1 aromatic heterocycles. The van der Waals surface area contributed by atoms with Crippen LogP contribution in [0.3, 0.4) is 0 Å². The second-order valence-corrected chi connectivity index (χ2v) is 5.59. The number of nitrogens with zero attached hydrogens (tertiary/aromatic N) is 3. The number of nitrogens with two attached hydrogens (primary N) is 1. The number of carbonyl (C=O) groups is 1. The van der Waals surface area contributed by atoms with E-state index >= 15 is 0 Å². The van der Waals surface area contributed by atoms with Gasteiger partial charge in [0.25, 0.3) is 5.91 Å². The molecule has 0 aliphatic carbocycles. The monoisotopic (exact) mass is 304 g/mol. The van der Waals surface area contributed by atoms with Crippen molar-refractivity contribution in [2.24, 2.45) is 5.73 Å². The Morgan fingerprint density at radius 1 is 1.43 bits per heavy atom. The molecular weight excluding hydrogens is 288 g/mol. The molecule has 1 aliphatic rings. The van der Waals surface area contributed by atoms with Crippen LogP contribution >= 0.6 is 11.6 Å². The first kappa shape index (κ1) is 14.1. The fraction of sp³-hybridized carbons (Fsp3) is 0.333. The quantitative estimate of drug-likeness (QED) is 0.944. The van der Waals surface area contributed by atoms with Gasteiger partial charge in [0.05, 0.1) is 5.69 Å². The Balaban J connectivity index is 1.83. The summed E-state index contributed by atoms with van der Waals surface area (Å²) in [6.07, 6.45) is 3.74. The predicted molar refractivity (Wildman–Crippen MR) is 81.7 cm³/mol. The van der Waals surface area contributed by atoms with Gasteiger partial charge >= 0.3 is 0 Å². The Kier molecular flexibility index (Phi) is 3.94. The van der Waals surface area contributed by atoms with Gasteiger partial charge in [-0.05, 0) is 37.1 Å². The normalized spacial score (nSPS) is 18.2. The highest BCUT2D eigenvalue weighted by Gasteiger charge is 2.29. The number of hydrogen-bond donors (Lipinski definition) is 1. The third-order valence-corrected chi connectivity index (χ3v) is 4.03. The van der Waals surface area contributed by atoms with Gasteiger partial charge in [0.1, 0.15) is 0 Å². The Hall–Kier alpha value is -1.85. The number of hydrogen-bond acceptors (Lipinski definition) is 3. The largest absolute Gasteiger partial charge is 0.333 e. The van der Waals surface area contributed by atoms with Crippen molar-refractivity contribution < 1.29 is 4.79 Å². The highest BCUT2D eigenvalue weighted by Crippen LogP contribution is 2.19. The van der Waals surface area contributed by atoms with Crippen molar-refractivity contribution in [3.05, 3.63) is 47.2 Å². The molecule has 110 valence electrons. The average Bonchev–Trinajstić information content (AvgIpc) is 3.15. The fourth-order valence-corrected chi connectivity index (χ4v) is 2.88. The van der Waals surface area contributed by atoms with Crippen LogP contribution in [0.4, 0.5) is 0 Å². The van der Waals surface area contributed by atoms with Gasteiger partial charge in [0.2, 0.25) is 0 Å². The molecule has 1 aromatic carbocycles. The van der Waals surface area contributed by atoms with Gasteiger partial charge in [-0.3, -0.25) is 4.79 Å². The standard InChI is InChI=1S/C15H17ClN4O/c16-11-3-1-4-12(9-11)20-8-6-14(18-20)15(21)19-7-2-5-13(19)10-17/h1,3-4,6,8-9,13H,2,5,7,10,17H2/t13-/m1/s1. The summed E-state index contributed by atoms with van der Waals surface area (Å²) in [7, 11) is 0. The number of likely N-dealkylation sites (tertiary alicyclic amines) is 1. The summed E-state index contributed by atoms with van der Waals surface area (Å²) < 4.78 is 1.66. The molecule has 5 nitrogen and oxygen atoms in total. The second kappa shape index (κ2) is 5.87. The maximum atomic E-state index is 12.5. The number of halogens is 1. The molecule has 0 bridgehead atoms. The molecule has 1 saturated heterocycles. The van der Waals surface area contributed by atoms with Gasteiger partial charge in [-0.2, -0.15) is 5.10 Å². The van der Waals surface area contributed by atoms with Crippen molar-refractivity contribution in [1.82, 2.24) is 14.7 Å². The van der Waals surface area contributed by atoms with Crippen molar-refractivity contribution >= 4 is 17.5 Å². The molecule has 1 fully saturated rings. The maximum absolute atomic E-state index is 12.5. The van der Waals surface area contributed by atoms with E-state index in [9.17, 15) is 4.79 Å². The van der Waals surface area contributed by atoms with Crippen LogP contribution in [0.15, 0.2) is 36.5 Å². The van der Waals surface area contributed by atoms with Crippen molar-refractivity contribution in [1.29, 1.82) is 0 Å². The minimum atomic E-state index is -0.0521. The second-order valence-electron chi connectivity index (χ2n) is 5.16. The van der Waals surface area contributed by atoms with Gasteiger partial charge in [-0.15, -0.1) is 0 Å². The lowest BCUT2D eigenvalue weighted by molar-refractivity contribution is 0.0735. The number of carbonyl (C=O) groups excluding carboxylic acids is 1. The first-order chi connectivity index (χ1) is 10.2. The summed E-state index contributed by atoms with van der Waals surface area (Å²) in [6.45, 7) is 1.26. The van der Waals surface area contributed by atoms with Crippen molar-refractivity contribution in [3.63, 3.8) is 0 Å². The van der Waals surface area contributed by atoms with Crippen LogP contribution in [0.25, 0.3) is 5.69 Å². The zero-order valence-electron chi connectivity index (χ0n) is 11.6. The van der Waals surface area contributed by atoms with E-state index in [-0.39, 0.29) is 11.9 Å². The smallest absolute Gasteiger partial charge is 0.274 e. The molecule has 0 spiro atoms. The SMILES string of the molecule is NC[C@H]1CCCN1C(=O)c1ccn(-c2cccc(Cl)c2)n1. The lowest BCUT2D eigenvalue weighted by Gasteiger charge is -2.22. The molecule has 6 heteroatoms. The first-order valence-electron chi connectivity index (χ1n) is 7.01. The summed E-state index contributed by atoms with van der Waals surface area (Å²) >= 11 is 5.98. The van der Waals surface area contributed by atoms with Crippen LogP contribution in [-0.4, -0.2) is 39.7 Å². The third-order valence-electron chi connectivity index (χ3n) is 3.79. The average molecular weight is 305 g/mol. The molecule has 2 N–H and O–H groups in total. The summed E-state index contributed by atoms with van der Waals surface area (Å²) in [5.41, 5.74) is 6.99. The molecule has 2 aromatic rings. The minimum Gasteiger partial charge on any atom is -0.333 e. The van der Waals surface area contributed by atoms with Gasteiger partial charge in [-0.25, -0.2) is 4.68 Å². The van der Waals surface area contributed by atoms with Gasteiger partial charge in [-0.1, -0.05) is 17.7 Å². The first-order valence-corrected chi connectivity index (χ1v) is 7.39. The summed E-state index contributed by atoms with van der Waals surface area (Å²) in [5, 5.41) is 5.00. The number of benzene rings is 1. The maximum Gasteiger partial charge on any atom is 0.274 e. The number of amides is 1. The molecule has 21 heavy (non-hydrogen) atoms. The van der Waals surface area contributed by atoms with Gasteiger partial charge < -0.3 is 10.6 Å². The highest BCUT2D eigenvalue weighted by molar-refractivity contribution is 6.30. The van der Waals surface area contributed by atoms with E-state index in [1.807, 2.05) is 17.0 Å². The Morgan fingerprint density at radius 2 is 2.29 bits per heavy atom. The van der Waals surface area contributed by atoms with Crippen LogP contribution in [-0.2, 0) is 0 Å². The van der Waals surface area contributed by atoms with Gasteiger partial charge in [0.15, 0.2) is 5.69 Å². The third kappa shape index (κ3) is 2.80. The molecule has 0 saturated carbocycles. The number of aromatic nitrogens is 2. The summed E-state index contributed by atoms with van der Waals surface area (Å²) in [5.74, 6) is -0.0521. The highest BCUT2D eigenvalue weighted by atomic mass is 35.5. The minimum absolute atomic E-state index is 0.0521. The Labute approximate surface area is 128 Å². The summed E-state index contributed by atoms with van der Waals surface area (Å²) in [6, 6.07) is 9.22. The fourth-order valence-electron chi connectivity index (χ4n) is 2.70. The van der Waals surface area contributed by atoms with E-state index in [1.54, 1.807) is 29.1 Å². The molecular formula is C15H17ClN4O. The summed E-state index contributed by atoms with van der Waals surface area (Å²) in [4.78, 5) is 14.3.